The van der Waals surface area contributed by atoms with Crippen LogP contribution in [0.5, 0.6) is 5.75 Å². The number of hydrogen-bond acceptors (Lipinski definition) is 4. The molecule has 1 heterocycles. The Labute approximate surface area is 156 Å². The maximum Gasteiger partial charge on any atom is 0.264 e. The molecule has 6 heteroatoms. The molecule has 0 saturated heterocycles. The number of hydrazone groups is 1. The molecule has 0 fully saturated rings. The Balaban J connectivity index is 1.66. The fraction of sp³-hybridized carbons (Fsp3) is 0.0952. The minimum Gasteiger partial charge on any atom is -0.497 e. The third-order valence-electron chi connectivity index (χ3n) is 3.95. The van der Waals surface area contributed by atoms with Gasteiger partial charge in [0.1, 0.15) is 5.75 Å². The van der Waals surface area contributed by atoms with E-state index in [9.17, 15) is 9.59 Å². The van der Waals surface area contributed by atoms with E-state index in [1.165, 1.54) is 12.3 Å². The second kappa shape index (κ2) is 8.14. The van der Waals surface area contributed by atoms with Gasteiger partial charge in [-0.1, -0.05) is 23.8 Å². The van der Waals surface area contributed by atoms with Gasteiger partial charge in [-0.15, -0.1) is 0 Å². The van der Waals surface area contributed by atoms with Crippen molar-refractivity contribution < 1.29 is 9.53 Å². The van der Waals surface area contributed by atoms with Gasteiger partial charge in [0.2, 0.25) is 0 Å². The second-order valence-electron chi connectivity index (χ2n) is 5.99. The fourth-order valence-electron chi connectivity index (χ4n) is 2.53. The predicted molar refractivity (Wildman–Crippen MR) is 107 cm³/mol. The molecular weight excluding hydrogens is 342 g/mol. The van der Waals surface area contributed by atoms with E-state index in [0.29, 0.717) is 5.56 Å². The number of carbonyl (C=O) groups excluding carboxylic acids is 1. The molecule has 0 radical (unpaired) electrons. The van der Waals surface area contributed by atoms with Crippen molar-refractivity contribution in [1.82, 2.24) is 10.4 Å². The largest absolute Gasteiger partial charge is 0.497 e. The molecule has 27 heavy (non-hydrogen) atoms. The minimum atomic E-state index is -0.393. The third kappa shape index (κ3) is 4.70. The van der Waals surface area contributed by atoms with Crippen molar-refractivity contribution in [1.29, 1.82) is 0 Å². The summed E-state index contributed by atoms with van der Waals surface area (Å²) in [5, 5.41) is 4.76. The van der Waals surface area contributed by atoms with Gasteiger partial charge in [-0.3, -0.25) is 9.59 Å². The molecule has 3 aromatic rings. The first-order chi connectivity index (χ1) is 13.0. The normalized spacial score (nSPS) is 11.3. The Kier molecular flexibility index (Phi) is 5.47. The van der Waals surface area contributed by atoms with Crippen LogP contribution in [-0.2, 0) is 4.79 Å². The first-order valence-electron chi connectivity index (χ1n) is 8.34. The lowest BCUT2D eigenvalue weighted by Gasteiger charge is -2.01. The molecule has 2 aromatic carbocycles. The van der Waals surface area contributed by atoms with Crippen molar-refractivity contribution in [2.24, 2.45) is 5.10 Å². The van der Waals surface area contributed by atoms with Gasteiger partial charge in [0, 0.05) is 11.6 Å². The molecule has 0 aliphatic rings. The van der Waals surface area contributed by atoms with Crippen molar-refractivity contribution in [3.8, 4) is 5.75 Å². The quantitative estimate of drug-likeness (QED) is 0.416. The first kappa shape index (κ1) is 18.1. The zero-order valence-corrected chi connectivity index (χ0v) is 15.0. The van der Waals surface area contributed by atoms with Crippen molar-refractivity contribution in [2.45, 2.75) is 6.92 Å². The summed E-state index contributed by atoms with van der Waals surface area (Å²) in [6.45, 7) is 1.98. The maximum atomic E-state index is 12.1. The highest BCUT2D eigenvalue weighted by Gasteiger charge is 2.01. The molecule has 1 amide bonds. The molecule has 136 valence electrons. The summed E-state index contributed by atoms with van der Waals surface area (Å²) in [6.07, 6.45) is 4.36. The Morgan fingerprint density at radius 2 is 1.93 bits per heavy atom. The van der Waals surface area contributed by atoms with Crippen LogP contribution in [0.25, 0.3) is 17.0 Å². The lowest BCUT2D eigenvalue weighted by molar-refractivity contribution is -0.116. The van der Waals surface area contributed by atoms with Crippen LogP contribution in [0.1, 0.15) is 16.7 Å². The molecule has 0 spiro atoms. The molecule has 3 rings (SSSR count). The summed E-state index contributed by atoms with van der Waals surface area (Å²) in [7, 11) is 1.60. The van der Waals surface area contributed by atoms with E-state index in [1.54, 1.807) is 19.3 Å². The summed E-state index contributed by atoms with van der Waals surface area (Å²) in [6, 6.07) is 14.8. The molecular formula is C21H19N3O3. The van der Waals surface area contributed by atoms with Gasteiger partial charge in [-0.25, -0.2) is 5.43 Å². The Hall–Kier alpha value is -3.67. The van der Waals surface area contributed by atoms with E-state index in [0.717, 1.165) is 27.8 Å². The number of nitrogens with zero attached hydrogens (tertiary/aromatic N) is 1. The molecule has 6 nitrogen and oxygen atoms in total. The minimum absolute atomic E-state index is 0.266. The standard InChI is InChI=1S/C21H19N3O3/c1-14-3-9-19-16(11-14)12-17(21(26)23-19)13-22-24-20(25)10-6-15-4-7-18(27-2)8-5-15/h3-13H,1-2H3,(H,23,26)(H,24,25)/b10-6+,22-13-. The number of H-pyrrole nitrogens is 1. The van der Waals surface area contributed by atoms with Crippen LogP contribution >= 0.6 is 0 Å². The monoisotopic (exact) mass is 361 g/mol. The number of pyridine rings is 1. The summed E-state index contributed by atoms with van der Waals surface area (Å²) in [4.78, 5) is 26.7. The van der Waals surface area contributed by atoms with Crippen LogP contribution < -0.4 is 15.7 Å². The number of amides is 1. The second-order valence-corrected chi connectivity index (χ2v) is 5.99. The van der Waals surface area contributed by atoms with E-state index < -0.39 is 5.91 Å². The molecule has 0 bridgehead atoms. The number of fused-ring (bicyclic) bond motifs is 1. The van der Waals surface area contributed by atoms with Gasteiger partial charge >= 0.3 is 0 Å². The zero-order valence-electron chi connectivity index (χ0n) is 15.0. The van der Waals surface area contributed by atoms with E-state index in [1.807, 2.05) is 49.4 Å². The van der Waals surface area contributed by atoms with Gasteiger partial charge in [-0.05, 0) is 54.3 Å². The molecule has 2 N–H and O–H groups in total. The zero-order chi connectivity index (χ0) is 19.2. The van der Waals surface area contributed by atoms with E-state index >= 15 is 0 Å². The van der Waals surface area contributed by atoms with Gasteiger partial charge in [0.05, 0.1) is 18.9 Å². The third-order valence-corrected chi connectivity index (χ3v) is 3.95. The van der Waals surface area contributed by atoms with Crippen LogP contribution in [0.2, 0.25) is 0 Å². The fourth-order valence-corrected chi connectivity index (χ4v) is 2.53. The number of rotatable bonds is 5. The van der Waals surface area contributed by atoms with Crippen LogP contribution in [0.3, 0.4) is 0 Å². The molecule has 0 aliphatic heterocycles. The number of nitrogens with one attached hydrogen (secondary N) is 2. The molecule has 0 aliphatic carbocycles. The summed E-state index contributed by atoms with van der Waals surface area (Å²) >= 11 is 0. The van der Waals surface area contributed by atoms with Crippen LogP contribution in [0.4, 0.5) is 0 Å². The average molecular weight is 361 g/mol. The van der Waals surface area contributed by atoms with Crippen molar-refractivity contribution in [2.75, 3.05) is 7.11 Å². The van der Waals surface area contributed by atoms with E-state index in [2.05, 4.69) is 15.5 Å². The van der Waals surface area contributed by atoms with Crippen LogP contribution in [0, 0.1) is 6.92 Å². The van der Waals surface area contributed by atoms with Crippen molar-refractivity contribution in [3.05, 3.63) is 81.7 Å². The number of aromatic amines is 1. The smallest absolute Gasteiger partial charge is 0.264 e. The molecule has 0 saturated carbocycles. The predicted octanol–water partition coefficient (Wildman–Crippen LogP) is 3.01. The van der Waals surface area contributed by atoms with Crippen LogP contribution in [0.15, 0.2) is 64.5 Å². The number of aromatic nitrogens is 1. The van der Waals surface area contributed by atoms with Gasteiger partial charge in [0.15, 0.2) is 0 Å². The number of methoxy groups -OCH3 is 1. The lowest BCUT2D eigenvalue weighted by atomic mass is 10.1. The molecule has 0 unspecified atom stereocenters. The highest BCUT2D eigenvalue weighted by molar-refractivity contribution is 5.93. The number of carbonyl (C=O) groups is 1. The van der Waals surface area contributed by atoms with Gasteiger partial charge in [-0.2, -0.15) is 5.10 Å². The number of aryl methyl sites for hydroxylation is 1. The number of benzene rings is 2. The summed E-state index contributed by atoms with van der Waals surface area (Å²) in [5.74, 6) is 0.354. The highest BCUT2D eigenvalue weighted by Crippen LogP contribution is 2.13. The Bertz CT molecular complexity index is 1080. The first-order valence-corrected chi connectivity index (χ1v) is 8.34. The number of ether oxygens (including phenoxy) is 1. The number of hydrogen-bond donors (Lipinski definition) is 2. The Morgan fingerprint density at radius 1 is 1.15 bits per heavy atom. The summed E-state index contributed by atoms with van der Waals surface area (Å²) in [5.41, 5.74) is 5.19. The van der Waals surface area contributed by atoms with E-state index in [-0.39, 0.29) is 5.56 Å². The lowest BCUT2D eigenvalue weighted by Crippen LogP contribution is -2.17. The molecule has 1 aromatic heterocycles. The maximum absolute atomic E-state index is 12.1. The van der Waals surface area contributed by atoms with Crippen molar-refractivity contribution in [3.63, 3.8) is 0 Å². The SMILES string of the molecule is COc1ccc(/C=C/C(=O)N/N=C\c2cc3cc(C)ccc3[nH]c2=O)cc1. The Morgan fingerprint density at radius 3 is 2.67 bits per heavy atom. The van der Waals surface area contributed by atoms with Crippen LogP contribution in [-0.4, -0.2) is 24.2 Å². The average Bonchev–Trinajstić information content (AvgIpc) is 2.67. The topological polar surface area (TPSA) is 83.5 Å². The van der Waals surface area contributed by atoms with Gasteiger partial charge < -0.3 is 9.72 Å². The highest BCUT2D eigenvalue weighted by atomic mass is 16.5. The van der Waals surface area contributed by atoms with Crippen molar-refractivity contribution >= 4 is 29.1 Å². The summed E-state index contributed by atoms with van der Waals surface area (Å²) < 4.78 is 5.08. The van der Waals surface area contributed by atoms with Gasteiger partial charge in [0.25, 0.3) is 11.5 Å². The van der Waals surface area contributed by atoms with E-state index in [4.69, 9.17) is 4.74 Å². The molecule has 0 atom stereocenters.